The van der Waals surface area contributed by atoms with Gasteiger partial charge in [0.05, 0.1) is 16.7 Å². The van der Waals surface area contributed by atoms with E-state index in [1.54, 1.807) is 0 Å². The highest BCUT2D eigenvalue weighted by Gasteiger charge is 2.27. The van der Waals surface area contributed by atoms with Crippen LogP contribution in [0.3, 0.4) is 0 Å². The summed E-state index contributed by atoms with van der Waals surface area (Å²) in [7, 11) is 0. The number of aromatic nitrogens is 2. The van der Waals surface area contributed by atoms with Crippen LogP contribution in [0.4, 0.5) is 0 Å². The molecular weight excluding hydrogens is 260 g/mol. The second-order valence-electron chi connectivity index (χ2n) is 5.59. The van der Waals surface area contributed by atoms with Gasteiger partial charge >= 0.3 is 0 Å². The number of rotatable bonds is 2. The average Bonchev–Trinajstić information content (AvgIpc) is 3.19. The molecule has 2 heterocycles. The molecule has 1 aromatic heterocycles. The minimum Gasteiger partial charge on any atom is -0.356 e. The molecule has 19 heavy (non-hydrogen) atoms. The molecule has 2 fully saturated rings. The fraction of sp³-hybridized carbons (Fsp3) is 0.533. The van der Waals surface area contributed by atoms with Crippen molar-refractivity contribution in [2.75, 3.05) is 6.61 Å². The van der Waals surface area contributed by atoms with Crippen LogP contribution in [0.1, 0.15) is 49.8 Å². The van der Waals surface area contributed by atoms with Crippen LogP contribution in [0, 0.1) is 0 Å². The van der Waals surface area contributed by atoms with E-state index in [-0.39, 0.29) is 6.23 Å². The van der Waals surface area contributed by atoms with Crippen molar-refractivity contribution >= 4 is 22.5 Å². The molecule has 0 radical (unpaired) electrons. The monoisotopic (exact) mass is 276 g/mol. The highest BCUT2D eigenvalue weighted by molar-refractivity contribution is 6.36. The van der Waals surface area contributed by atoms with E-state index in [1.807, 2.05) is 10.9 Å². The van der Waals surface area contributed by atoms with Crippen LogP contribution in [0.2, 0.25) is 5.02 Å². The Kier molecular flexibility index (Phi) is 2.78. The molecule has 1 saturated heterocycles. The third kappa shape index (κ3) is 1.96. The van der Waals surface area contributed by atoms with Gasteiger partial charge in [-0.25, -0.2) is 4.68 Å². The summed E-state index contributed by atoms with van der Waals surface area (Å²) >= 11 is 6.53. The number of benzene rings is 1. The summed E-state index contributed by atoms with van der Waals surface area (Å²) in [6.45, 7) is 0.833. The van der Waals surface area contributed by atoms with Crippen LogP contribution in [-0.4, -0.2) is 16.4 Å². The first-order valence-corrected chi connectivity index (χ1v) is 7.49. The minimum atomic E-state index is 0.0779. The quantitative estimate of drug-likeness (QED) is 0.819. The van der Waals surface area contributed by atoms with Gasteiger partial charge < -0.3 is 4.74 Å². The summed E-state index contributed by atoms with van der Waals surface area (Å²) in [6, 6.07) is 4.32. The van der Waals surface area contributed by atoms with E-state index in [9.17, 15) is 0 Å². The van der Waals surface area contributed by atoms with Gasteiger partial charge in [-0.3, -0.25) is 0 Å². The first-order valence-electron chi connectivity index (χ1n) is 7.12. The molecule has 100 valence electrons. The Balaban J connectivity index is 1.78. The zero-order valence-corrected chi connectivity index (χ0v) is 11.6. The summed E-state index contributed by atoms with van der Waals surface area (Å²) in [5.74, 6) is 0.672. The second-order valence-corrected chi connectivity index (χ2v) is 5.96. The number of nitrogens with zero attached hydrogens (tertiary/aromatic N) is 2. The first-order chi connectivity index (χ1) is 9.34. The van der Waals surface area contributed by atoms with Crippen molar-refractivity contribution in [2.45, 2.75) is 44.2 Å². The van der Waals surface area contributed by atoms with Gasteiger partial charge in [-0.2, -0.15) is 5.10 Å². The Morgan fingerprint density at radius 3 is 2.84 bits per heavy atom. The van der Waals surface area contributed by atoms with E-state index >= 15 is 0 Å². The van der Waals surface area contributed by atoms with Gasteiger partial charge in [0.1, 0.15) is 0 Å². The zero-order valence-electron chi connectivity index (χ0n) is 10.8. The van der Waals surface area contributed by atoms with Crippen LogP contribution in [-0.2, 0) is 4.74 Å². The summed E-state index contributed by atoms with van der Waals surface area (Å²) in [4.78, 5) is 0. The maximum absolute atomic E-state index is 6.53. The van der Waals surface area contributed by atoms with E-state index in [0.29, 0.717) is 5.92 Å². The number of hydrogen-bond donors (Lipinski definition) is 0. The highest BCUT2D eigenvalue weighted by Crippen LogP contribution is 2.45. The van der Waals surface area contributed by atoms with Crippen LogP contribution in [0.5, 0.6) is 0 Å². The molecule has 1 aliphatic heterocycles. The maximum atomic E-state index is 6.53. The van der Waals surface area contributed by atoms with Gasteiger partial charge in [0.25, 0.3) is 0 Å². The highest BCUT2D eigenvalue weighted by atomic mass is 35.5. The smallest absolute Gasteiger partial charge is 0.150 e. The van der Waals surface area contributed by atoms with Crippen molar-refractivity contribution < 1.29 is 4.74 Å². The predicted molar refractivity (Wildman–Crippen MR) is 75.6 cm³/mol. The zero-order chi connectivity index (χ0) is 12.8. The Hall–Kier alpha value is -1.06. The van der Waals surface area contributed by atoms with Crippen LogP contribution in [0.25, 0.3) is 10.9 Å². The summed E-state index contributed by atoms with van der Waals surface area (Å²) in [5, 5.41) is 6.47. The Morgan fingerprint density at radius 2 is 2.11 bits per heavy atom. The average molecular weight is 277 g/mol. The van der Waals surface area contributed by atoms with Gasteiger partial charge in [0, 0.05) is 12.0 Å². The van der Waals surface area contributed by atoms with Gasteiger partial charge in [-0.15, -0.1) is 0 Å². The topological polar surface area (TPSA) is 27.1 Å². The summed E-state index contributed by atoms with van der Waals surface area (Å²) < 4.78 is 7.81. The lowest BCUT2D eigenvalue weighted by Crippen LogP contribution is -2.18. The Labute approximate surface area is 117 Å². The number of fused-ring (bicyclic) bond motifs is 1. The van der Waals surface area contributed by atoms with Gasteiger partial charge in [-0.1, -0.05) is 17.7 Å². The van der Waals surface area contributed by atoms with E-state index in [1.165, 1.54) is 24.8 Å². The molecule has 3 nitrogen and oxygen atoms in total. The number of halogens is 1. The molecule has 0 amide bonds. The minimum absolute atomic E-state index is 0.0779. The molecule has 4 heteroatoms. The summed E-state index contributed by atoms with van der Waals surface area (Å²) in [5.41, 5.74) is 2.39. The SMILES string of the molecule is Clc1c(C2CC2)ccc2c1cnn2C1CCCCO1. The third-order valence-electron chi connectivity index (χ3n) is 4.19. The van der Waals surface area contributed by atoms with E-state index in [0.717, 1.165) is 35.4 Å². The first kappa shape index (κ1) is 11.7. The molecule has 4 rings (SSSR count). The van der Waals surface area contributed by atoms with Crippen LogP contribution in [0.15, 0.2) is 18.3 Å². The van der Waals surface area contributed by atoms with Crippen molar-refractivity contribution in [3.63, 3.8) is 0 Å². The van der Waals surface area contributed by atoms with Crippen molar-refractivity contribution in [2.24, 2.45) is 0 Å². The fourth-order valence-electron chi connectivity index (χ4n) is 2.96. The van der Waals surface area contributed by atoms with E-state index in [2.05, 4.69) is 17.2 Å². The predicted octanol–water partition coefficient (Wildman–Crippen LogP) is 4.27. The molecule has 1 aromatic carbocycles. The number of ether oxygens (including phenoxy) is 1. The lowest BCUT2D eigenvalue weighted by Gasteiger charge is -2.23. The van der Waals surface area contributed by atoms with Crippen molar-refractivity contribution in [1.29, 1.82) is 0 Å². The lowest BCUT2D eigenvalue weighted by atomic mass is 10.1. The largest absolute Gasteiger partial charge is 0.356 e. The van der Waals surface area contributed by atoms with Crippen molar-refractivity contribution in [3.05, 3.63) is 28.9 Å². The van der Waals surface area contributed by atoms with Crippen molar-refractivity contribution in [3.8, 4) is 0 Å². The standard InChI is InChI=1S/C15H17ClN2O/c16-15-11(10-4-5-10)6-7-13-12(15)9-17-18(13)14-3-1-2-8-19-14/h6-7,9-10,14H,1-5,8H2. The Bertz CT molecular complexity index is 612. The molecule has 2 aromatic rings. The van der Waals surface area contributed by atoms with Crippen LogP contribution >= 0.6 is 11.6 Å². The summed E-state index contributed by atoms with van der Waals surface area (Å²) in [6.07, 6.45) is 7.91. The van der Waals surface area contributed by atoms with Gasteiger partial charge in [0.15, 0.2) is 6.23 Å². The second kappa shape index (κ2) is 4.50. The van der Waals surface area contributed by atoms with Gasteiger partial charge in [-0.05, 0) is 49.7 Å². The third-order valence-corrected chi connectivity index (χ3v) is 4.61. The lowest BCUT2D eigenvalue weighted by molar-refractivity contribution is -0.0366. The number of hydrogen-bond acceptors (Lipinski definition) is 2. The Morgan fingerprint density at radius 1 is 1.21 bits per heavy atom. The molecule has 1 aliphatic carbocycles. The maximum Gasteiger partial charge on any atom is 0.150 e. The molecule has 1 saturated carbocycles. The van der Waals surface area contributed by atoms with Crippen molar-refractivity contribution in [1.82, 2.24) is 9.78 Å². The normalized spacial score (nSPS) is 23.9. The van der Waals surface area contributed by atoms with Gasteiger partial charge in [0.2, 0.25) is 0 Å². The van der Waals surface area contributed by atoms with E-state index < -0.39 is 0 Å². The molecule has 2 aliphatic rings. The molecule has 0 spiro atoms. The van der Waals surface area contributed by atoms with Crippen LogP contribution < -0.4 is 0 Å². The fourth-order valence-corrected chi connectivity index (χ4v) is 3.32. The van der Waals surface area contributed by atoms with E-state index in [4.69, 9.17) is 16.3 Å². The molecule has 0 N–H and O–H groups in total. The molecule has 0 bridgehead atoms. The molecular formula is C15H17ClN2O. The molecule has 1 unspecified atom stereocenters. The molecule has 1 atom stereocenters.